The van der Waals surface area contributed by atoms with Crippen LogP contribution in [0.3, 0.4) is 0 Å². The second kappa shape index (κ2) is 37.3. The summed E-state index contributed by atoms with van der Waals surface area (Å²) in [5.41, 5.74) is 35.1. The van der Waals surface area contributed by atoms with E-state index >= 15 is 0 Å². The van der Waals surface area contributed by atoms with Crippen LogP contribution in [-0.4, -0.2) is 14.9 Å². The van der Waals surface area contributed by atoms with Crippen LogP contribution >= 0.6 is 11.3 Å². The molecule has 4 aliphatic carbocycles. The first-order valence-electron chi connectivity index (χ1n) is 48.1. The van der Waals surface area contributed by atoms with E-state index in [2.05, 4.69) is 494 Å². The van der Waals surface area contributed by atoms with Gasteiger partial charge in [-0.25, -0.2) is 0 Å². The fourth-order valence-electron chi connectivity index (χ4n) is 25.0. The van der Waals surface area contributed by atoms with E-state index in [1.807, 2.05) is 23.5 Å². The molecule has 0 saturated heterocycles. The first-order valence-corrected chi connectivity index (χ1v) is 48.9. The molecule has 0 aliphatic heterocycles. The summed E-state index contributed by atoms with van der Waals surface area (Å²) in [4.78, 5) is 15.0. The van der Waals surface area contributed by atoms with Crippen LogP contribution in [0, 0.1) is 0 Å². The first-order chi connectivity index (χ1) is 68.9. The van der Waals surface area contributed by atoms with Crippen molar-refractivity contribution in [2.75, 3.05) is 0 Å². The molecule has 0 unspecified atom stereocenters. The quantitative estimate of drug-likeness (QED) is 0.115. The molecule has 3 heterocycles. The molecule has 27 aromatic rings. The van der Waals surface area contributed by atoms with E-state index in [-0.39, 0.29) is 65.2 Å². The number of fused-ring (bicyclic) bond motifs is 41. The van der Waals surface area contributed by atoms with Crippen molar-refractivity contribution in [2.24, 2.45) is 0 Å². The summed E-state index contributed by atoms with van der Waals surface area (Å²) in [7, 11) is 0. The Morgan fingerprint density at radius 1 is 0.163 bits per heavy atom. The minimum atomic E-state index is -0.490. The van der Waals surface area contributed by atoms with Crippen molar-refractivity contribution < 1.29 is 4.79 Å². The average Bonchev–Trinajstić information content (AvgIpc) is 1.51. The molecule has 0 N–H and O–H groups in total. The highest BCUT2D eigenvalue weighted by Crippen LogP contribution is 2.65. The highest BCUT2D eigenvalue weighted by molar-refractivity contribution is 7.25. The zero-order valence-electron chi connectivity index (χ0n) is 75.6. The maximum absolute atomic E-state index is 15.0. The Labute approximate surface area is 865 Å². The van der Waals surface area contributed by atoms with Gasteiger partial charge in [0.1, 0.15) is 0 Å². The van der Waals surface area contributed by atoms with Crippen molar-refractivity contribution in [3.63, 3.8) is 0 Å². The molecule has 0 radical (unpaired) electrons. The summed E-state index contributed by atoms with van der Waals surface area (Å²) in [6, 6.07) is 182. The minimum Gasteiger partial charge on any atom is -0.309 e. The minimum absolute atomic E-state index is 0. The molecule has 0 fully saturated rings. The predicted molar refractivity (Wildman–Crippen MR) is 639 cm³/mol. The van der Waals surface area contributed by atoms with Crippen molar-refractivity contribution in [3.8, 4) is 89.3 Å². The molecular formula is C143H114N2OS. The Kier molecular flexibility index (Phi) is 24.2. The van der Waals surface area contributed by atoms with Crippen molar-refractivity contribution in [3.05, 3.63) is 553 Å². The number of aromatic nitrogens is 2. The third-order valence-corrected chi connectivity index (χ3v) is 32.0. The van der Waals surface area contributed by atoms with E-state index in [9.17, 15) is 4.79 Å². The third-order valence-electron chi connectivity index (χ3n) is 30.8. The summed E-state index contributed by atoms with van der Waals surface area (Å²) in [6.45, 7) is 0. The van der Waals surface area contributed by atoms with Crippen LogP contribution in [-0.2, 0) is 10.8 Å². The number of benzene rings is 24. The highest BCUT2D eigenvalue weighted by Gasteiger charge is 2.54. The Morgan fingerprint density at radius 3 is 0.667 bits per heavy atom. The molecule has 0 amide bonds. The second-order valence-corrected chi connectivity index (χ2v) is 38.8. The molecule has 0 atom stereocenters. The molecule has 0 bridgehead atoms. The number of hydrogen-bond acceptors (Lipinski definition) is 2. The van der Waals surface area contributed by atoms with Gasteiger partial charge in [-0.05, 0) is 284 Å². The molecule has 3 aromatic heterocycles. The molecule has 31 rings (SSSR count). The van der Waals surface area contributed by atoms with Crippen LogP contribution in [0.5, 0.6) is 0 Å². The SMILES string of the molecule is C.C.C.C.C.C.C.C.O=C(c1ccc2c(c1)C1(c3ccccc3-c3ccccc31)c1ccccc1-2)c1ccc2c(c1)C1(c3ccccc3-c3ccccc31)c1ccccc1-2.c1cc(-c2cccc(-c3ccc4c5ccccc5c5ccccc5c4c3)c2)cc(-c2ccc3c4ccccc4c4ccccc4c3c2)c1.c1ccc2c(c1)c1ccccc1n2-c1ccc2sc3ccc(-n4c5ccccc5c5ccccc54)cc3c2c1. The second-order valence-electron chi connectivity index (χ2n) is 37.7. The fraction of sp³-hybridized carbons (Fsp3) is 0.0699. The number of thiophene rings is 1. The van der Waals surface area contributed by atoms with Crippen LogP contribution in [0.2, 0.25) is 0 Å². The Hall–Kier alpha value is -17.7. The van der Waals surface area contributed by atoms with E-state index in [4.69, 9.17) is 0 Å². The molecule has 2 spiro atoms. The molecule has 4 heteroatoms. The van der Waals surface area contributed by atoms with E-state index < -0.39 is 10.8 Å². The van der Waals surface area contributed by atoms with Crippen molar-refractivity contribution >= 4 is 146 Å². The fourth-order valence-corrected chi connectivity index (χ4v) is 26.1. The van der Waals surface area contributed by atoms with E-state index in [1.165, 1.54) is 262 Å². The summed E-state index contributed by atoms with van der Waals surface area (Å²) < 4.78 is 7.44. The van der Waals surface area contributed by atoms with Gasteiger partial charge in [0.25, 0.3) is 0 Å². The van der Waals surface area contributed by atoms with Crippen molar-refractivity contribution in [1.29, 1.82) is 0 Å². The Balaban J connectivity index is 0.000000127. The maximum Gasteiger partial charge on any atom is 0.193 e. The van der Waals surface area contributed by atoms with Gasteiger partial charge in [-0.2, -0.15) is 0 Å². The summed E-state index contributed by atoms with van der Waals surface area (Å²) >= 11 is 1.87. The van der Waals surface area contributed by atoms with Crippen LogP contribution in [0.25, 0.3) is 218 Å². The topological polar surface area (TPSA) is 26.9 Å². The van der Waals surface area contributed by atoms with Crippen molar-refractivity contribution in [2.45, 2.75) is 70.2 Å². The number of ketones is 1. The predicted octanol–water partition coefficient (Wildman–Crippen LogP) is 40.5. The average molecular weight is 1910 g/mol. The zero-order chi connectivity index (χ0) is 91.3. The number of nitrogens with zero attached hydrogens (tertiary/aromatic N) is 2. The summed E-state index contributed by atoms with van der Waals surface area (Å²) in [5, 5.41) is 23.4. The lowest BCUT2D eigenvalue weighted by molar-refractivity contribution is 0.103. The molecule has 4 aliphatic rings. The normalized spacial score (nSPS) is 12.3. The lowest BCUT2D eigenvalue weighted by atomic mass is 9.70. The Bertz CT molecular complexity index is 9120. The first kappa shape index (κ1) is 95.5. The van der Waals surface area contributed by atoms with E-state index in [0.717, 1.165) is 0 Å². The number of carbonyl (C=O) groups is 1. The van der Waals surface area contributed by atoms with Crippen LogP contribution in [0.1, 0.15) is 120 Å². The summed E-state index contributed by atoms with van der Waals surface area (Å²) in [6.07, 6.45) is 0. The number of para-hydroxylation sites is 4. The molecule has 3 nitrogen and oxygen atoms in total. The van der Waals surface area contributed by atoms with Crippen LogP contribution in [0.15, 0.2) is 497 Å². The van der Waals surface area contributed by atoms with Crippen LogP contribution < -0.4 is 0 Å². The van der Waals surface area contributed by atoms with Crippen molar-refractivity contribution in [1.82, 2.24) is 9.13 Å². The lowest BCUT2D eigenvalue weighted by Gasteiger charge is -2.31. The number of rotatable bonds is 7. The number of carbonyl (C=O) groups excluding carboxylic acids is 1. The van der Waals surface area contributed by atoms with Gasteiger partial charge in [-0.15, -0.1) is 11.3 Å². The van der Waals surface area contributed by atoms with E-state index in [0.29, 0.717) is 11.1 Å². The van der Waals surface area contributed by atoms with Gasteiger partial charge in [-0.1, -0.05) is 460 Å². The van der Waals surface area contributed by atoms with Gasteiger partial charge >= 0.3 is 0 Å². The van der Waals surface area contributed by atoms with Gasteiger partial charge in [0.15, 0.2) is 5.78 Å². The number of hydrogen-bond donors (Lipinski definition) is 0. The summed E-state index contributed by atoms with van der Waals surface area (Å²) in [5.74, 6) is 0.0435. The molecule has 0 saturated carbocycles. The zero-order valence-corrected chi connectivity index (χ0v) is 76.4. The van der Waals surface area contributed by atoms with Crippen LogP contribution in [0.4, 0.5) is 0 Å². The van der Waals surface area contributed by atoms with Gasteiger partial charge in [0.2, 0.25) is 0 Å². The lowest BCUT2D eigenvalue weighted by Crippen LogP contribution is -2.26. The van der Waals surface area contributed by atoms with Gasteiger partial charge in [-0.3, -0.25) is 4.79 Å². The smallest absolute Gasteiger partial charge is 0.193 e. The molecule has 24 aromatic carbocycles. The standard InChI is InChI=1S/C51H30O.C48H30.C36H22N2S.8CH4/c52-49(31-25-27-39-37-17-5-11-23-45(37)50(47(39)29-31)41-19-7-1-13-33(41)34-14-2-8-20-42(34)50)32-26-28-40-38-18-6-12-24-46(38)51(48(40)30-32)43-21-9-3-15-35(43)36-16-4-10-22-44(36)51;1-3-19-41-37(15-1)39-17-5-7-21-43(39)47-29-35(23-25-45(41)47)33-13-9-11-31(27-33)32-12-10-14-34(28-32)36-24-26-46-42-20-4-2-16-38(42)40-18-6-8-22-44(40)48(46)30-36;1-5-13-31-25(9-1)26-10-2-6-14-32(26)37(31)23-17-19-35-29(21-23)30-22-24(18-20-36(30)39-35)38-33-15-7-3-11-27(33)28-12-4-8-16-34(28)38;;;;;;;;/h1-30H;1-30H;1-22H;8*1H4. The Morgan fingerprint density at radius 2 is 0.388 bits per heavy atom. The highest BCUT2D eigenvalue weighted by atomic mass is 32.1. The molecular weight excluding hydrogens is 1790 g/mol. The monoisotopic (exact) mass is 1910 g/mol. The maximum atomic E-state index is 15.0. The third kappa shape index (κ3) is 14.0. The van der Waals surface area contributed by atoms with Gasteiger partial charge < -0.3 is 9.13 Å². The van der Waals surface area contributed by atoms with E-state index in [1.54, 1.807) is 0 Å². The molecule has 147 heavy (non-hydrogen) atoms. The molecule has 708 valence electrons. The van der Waals surface area contributed by atoms with Gasteiger partial charge in [0.05, 0.1) is 32.9 Å². The largest absolute Gasteiger partial charge is 0.309 e. The van der Waals surface area contributed by atoms with Gasteiger partial charge in [0, 0.05) is 64.2 Å².